The molecule has 0 amide bonds. The van der Waals surface area contributed by atoms with Crippen LogP contribution in [0.15, 0.2) is 47.2 Å². The number of thiophene rings is 1. The Morgan fingerprint density at radius 3 is 2.46 bits per heavy atom. The Morgan fingerprint density at radius 2 is 1.89 bits per heavy atom. The minimum absolute atomic E-state index is 0.0620. The molecule has 2 heterocycles. The van der Waals surface area contributed by atoms with Crippen LogP contribution < -0.4 is 4.31 Å². The number of anilines is 1. The van der Waals surface area contributed by atoms with Gasteiger partial charge in [0.05, 0.1) is 12.2 Å². The first kappa shape index (κ1) is 20.5. The van der Waals surface area contributed by atoms with Gasteiger partial charge in [-0.05, 0) is 22.9 Å². The normalized spacial score (nSPS) is 11.7. The molecule has 1 N–H and O–H groups in total. The van der Waals surface area contributed by atoms with Gasteiger partial charge in [0.15, 0.2) is 10.9 Å². The van der Waals surface area contributed by atoms with E-state index in [-0.39, 0.29) is 11.7 Å². The summed E-state index contributed by atoms with van der Waals surface area (Å²) in [6.45, 7) is 4.30. The average Bonchev–Trinajstić information content (AvgIpc) is 3.30. The van der Waals surface area contributed by atoms with E-state index >= 15 is 0 Å². The highest BCUT2D eigenvalue weighted by Crippen LogP contribution is 2.31. The summed E-state index contributed by atoms with van der Waals surface area (Å²) in [5.41, 5.74) is 2.76. The molecular formula is C19H20N2O4S3. The number of hydrogen-bond donors (Lipinski definition) is 1. The van der Waals surface area contributed by atoms with E-state index in [1.54, 1.807) is 5.38 Å². The molecule has 0 aliphatic heterocycles. The monoisotopic (exact) mass is 436 g/mol. The van der Waals surface area contributed by atoms with Crippen molar-refractivity contribution in [2.24, 2.45) is 0 Å². The maximum atomic E-state index is 12.6. The third-order valence-electron chi connectivity index (χ3n) is 4.10. The Hall–Kier alpha value is -2.23. The molecule has 0 unspecified atom stereocenters. The standard InChI is InChI=1S/C19H20N2O4S3/c1-13(2)14-5-7-15(8-6-14)17-11-27-19(20-17)21(10-16-4-3-9-26-16)28(24,25)12-18(22)23/h3-9,11,13H,10,12H2,1-2H3,(H,22,23). The van der Waals surface area contributed by atoms with Gasteiger partial charge in [-0.15, -0.1) is 22.7 Å². The SMILES string of the molecule is CC(C)c1ccc(-c2csc(N(Cc3cccs3)S(=O)(=O)CC(=O)O)n2)cc1. The molecular weight excluding hydrogens is 416 g/mol. The summed E-state index contributed by atoms with van der Waals surface area (Å²) in [5, 5.41) is 12.9. The predicted molar refractivity (Wildman–Crippen MR) is 114 cm³/mol. The molecule has 0 saturated heterocycles. The Bertz CT molecular complexity index is 1040. The molecule has 0 fully saturated rings. The smallest absolute Gasteiger partial charge is 0.320 e. The van der Waals surface area contributed by atoms with Crippen LogP contribution in [0.5, 0.6) is 0 Å². The number of rotatable bonds is 8. The van der Waals surface area contributed by atoms with Crippen LogP contribution in [-0.2, 0) is 21.4 Å². The third kappa shape index (κ3) is 4.78. The van der Waals surface area contributed by atoms with E-state index in [0.29, 0.717) is 11.6 Å². The zero-order chi connectivity index (χ0) is 20.3. The van der Waals surface area contributed by atoms with Gasteiger partial charge in [0.25, 0.3) is 0 Å². The highest BCUT2D eigenvalue weighted by atomic mass is 32.2. The minimum atomic E-state index is -4.05. The molecule has 0 spiro atoms. The van der Waals surface area contributed by atoms with Crippen LogP contribution in [0.3, 0.4) is 0 Å². The number of nitrogens with zero attached hydrogens (tertiary/aromatic N) is 2. The molecule has 1 aromatic carbocycles. The number of carboxylic acid groups (broad SMARTS) is 1. The van der Waals surface area contributed by atoms with Gasteiger partial charge in [0.2, 0.25) is 10.0 Å². The number of benzene rings is 1. The van der Waals surface area contributed by atoms with Gasteiger partial charge >= 0.3 is 5.97 Å². The second kappa shape index (κ2) is 8.42. The maximum Gasteiger partial charge on any atom is 0.320 e. The maximum absolute atomic E-state index is 12.6. The Labute approximate surface area is 172 Å². The number of hydrogen-bond acceptors (Lipinski definition) is 6. The molecule has 0 atom stereocenters. The number of sulfonamides is 1. The molecule has 0 aliphatic rings. The van der Waals surface area contributed by atoms with Crippen molar-refractivity contribution < 1.29 is 18.3 Å². The van der Waals surface area contributed by atoms with Crippen molar-refractivity contribution in [3.05, 3.63) is 57.6 Å². The van der Waals surface area contributed by atoms with E-state index < -0.39 is 21.7 Å². The lowest BCUT2D eigenvalue weighted by atomic mass is 10.0. The van der Waals surface area contributed by atoms with Crippen molar-refractivity contribution in [2.75, 3.05) is 10.1 Å². The summed E-state index contributed by atoms with van der Waals surface area (Å²) in [4.78, 5) is 16.3. The number of aliphatic carboxylic acids is 1. The van der Waals surface area contributed by atoms with Crippen molar-refractivity contribution in [2.45, 2.75) is 26.3 Å². The number of carboxylic acids is 1. The lowest BCUT2D eigenvalue weighted by molar-refractivity contribution is -0.134. The first-order valence-corrected chi connectivity index (χ1v) is 11.9. The first-order valence-electron chi connectivity index (χ1n) is 8.56. The van der Waals surface area contributed by atoms with Crippen LogP contribution in [0.25, 0.3) is 11.3 Å². The van der Waals surface area contributed by atoms with Gasteiger partial charge in [0, 0.05) is 15.8 Å². The van der Waals surface area contributed by atoms with Crippen LogP contribution in [0.4, 0.5) is 5.13 Å². The largest absolute Gasteiger partial charge is 0.480 e. The van der Waals surface area contributed by atoms with Crippen molar-refractivity contribution in [3.63, 3.8) is 0 Å². The Morgan fingerprint density at radius 1 is 1.18 bits per heavy atom. The fourth-order valence-electron chi connectivity index (χ4n) is 2.61. The fraction of sp³-hybridized carbons (Fsp3) is 0.263. The van der Waals surface area contributed by atoms with Crippen molar-refractivity contribution >= 4 is 43.8 Å². The molecule has 3 rings (SSSR count). The topological polar surface area (TPSA) is 87.6 Å². The fourth-order valence-corrected chi connectivity index (χ4v) is 5.68. The molecule has 0 radical (unpaired) electrons. The number of thiazole rings is 1. The summed E-state index contributed by atoms with van der Waals surface area (Å²) in [6, 6.07) is 11.6. The number of aromatic nitrogens is 1. The van der Waals surface area contributed by atoms with Crippen LogP contribution in [0, 0.1) is 0 Å². The predicted octanol–water partition coefficient (Wildman–Crippen LogP) is 4.42. The number of carbonyl (C=O) groups is 1. The van der Waals surface area contributed by atoms with Gasteiger partial charge < -0.3 is 5.11 Å². The molecule has 6 nitrogen and oxygen atoms in total. The lowest BCUT2D eigenvalue weighted by Crippen LogP contribution is -2.34. The zero-order valence-corrected chi connectivity index (χ0v) is 17.9. The van der Waals surface area contributed by atoms with E-state index in [1.807, 2.05) is 41.8 Å². The van der Waals surface area contributed by atoms with Gasteiger partial charge in [-0.1, -0.05) is 44.2 Å². The highest BCUT2D eigenvalue weighted by Gasteiger charge is 2.28. The van der Waals surface area contributed by atoms with Gasteiger partial charge in [-0.25, -0.2) is 17.7 Å². The lowest BCUT2D eigenvalue weighted by Gasteiger charge is -2.20. The molecule has 0 aliphatic carbocycles. The Balaban J connectivity index is 1.93. The molecule has 9 heteroatoms. The van der Waals surface area contributed by atoms with E-state index in [4.69, 9.17) is 5.11 Å². The van der Waals surface area contributed by atoms with Crippen molar-refractivity contribution in [3.8, 4) is 11.3 Å². The summed E-state index contributed by atoms with van der Waals surface area (Å²) in [6.07, 6.45) is 0. The molecule has 3 aromatic rings. The summed E-state index contributed by atoms with van der Waals surface area (Å²) in [5.74, 6) is -1.95. The van der Waals surface area contributed by atoms with E-state index in [0.717, 1.165) is 14.7 Å². The molecule has 0 bridgehead atoms. The van der Waals surface area contributed by atoms with E-state index in [1.165, 1.54) is 28.2 Å². The second-order valence-corrected chi connectivity index (χ2v) is 10.3. The van der Waals surface area contributed by atoms with Crippen molar-refractivity contribution in [1.82, 2.24) is 4.98 Å². The first-order chi connectivity index (χ1) is 13.3. The third-order valence-corrected chi connectivity index (χ3v) is 7.53. The molecule has 2 aromatic heterocycles. The van der Waals surface area contributed by atoms with E-state index in [2.05, 4.69) is 18.8 Å². The van der Waals surface area contributed by atoms with E-state index in [9.17, 15) is 13.2 Å². The van der Waals surface area contributed by atoms with Crippen LogP contribution in [0.1, 0.15) is 30.2 Å². The average molecular weight is 437 g/mol. The highest BCUT2D eigenvalue weighted by molar-refractivity contribution is 7.93. The van der Waals surface area contributed by atoms with Crippen LogP contribution >= 0.6 is 22.7 Å². The molecule has 148 valence electrons. The van der Waals surface area contributed by atoms with Crippen LogP contribution in [0.2, 0.25) is 0 Å². The van der Waals surface area contributed by atoms with Gasteiger partial charge in [-0.2, -0.15) is 0 Å². The quantitative estimate of drug-likeness (QED) is 0.565. The zero-order valence-electron chi connectivity index (χ0n) is 15.4. The van der Waals surface area contributed by atoms with Gasteiger partial charge in [-0.3, -0.25) is 4.79 Å². The second-order valence-electron chi connectivity index (χ2n) is 6.53. The Kier molecular flexibility index (Phi) is 6.17. The minimum Gasteiger partial charge on any atom is -0.480 e. The molecule has 0 saturated carbocycles. The summed E-state index contributed by atoms with van der Waals surface area (Å²) in [7, 11) is -4.05. The summed E-state index contributed by atoms with van der Waals surface area (Å²) >= 11 is 2.60. The summed E-state index contributed by atoms with van der Waals surface area (Å²) < 4.78 is 26.4. The van der Waals surface area contributed by atoms with Crippen LogP contribution in [-0.4, -0.2) is 30.2 Å². The molecule has 28 heavy (non-hydrogen) atoms. The van der Waals surface area contributed by atoms with Gasteiger partial charge in [0.1, 0.15) is 0 Å². The van der Waals surface area contributed by atoms with Crippen molar-refractivity contribution in [1.29, 1.82) is 0 Å².